The van der Waals surface area contributed by atoms with E-state index in [2.05, 4.69) is 47.2 Å². The van der Waals surface area contributed by atoms with Gasteiger partial charge in [0.1, 0.15) is 5.69 Å². The first-order valence-electron chi connectivity index (χ1n) is 6.85. The third-order valence-electron chi connectivity index (χ3n) is 3.05. The zero-order valence-corrected chi connectivity index (χ0v) is 14.2. The van der Waals surface area contributed by atoms with Gasteiger partial charge in [-0.25, -0.2) is 0 Å². The van der Waals surface area contributed by atoms with Crippen LogP contribution in [0, 0.1) is 0 Å². The van der Waals surface area contributed by atoms with E-state index in [1.165, 1.54) is 9.75 Å². The molecule has 0 radical (unpaired) electrons. The highest BCUT2D eigenvalue weighted by Crippen LogP contribution is 2.18. The second-order valence-electron chi connectivity index (χ2n) is 4.64. The normalized spacial score (nSPS) is 10.8. The van der Waals surface area contributed by atoms with Crippen LogP contribution in [0.1, 0.15) is 40.5 Å². The molecule has 2 aromatic rings. The molecule has 0 fully saturated rings. The van der Waals surface area contributed by atoms with Gasteiger partial charge in [-0.3, -0.25) is 4.79 Å². The number of carbonyl (C=O) groups excluding carboxylic acids is 1. The number of rotatable bonds is 6. The quantitative estimate of drug-likeness (QED) is 0.827. The number of thiophene rings is 1. The second-order valence-corrected chi connectivity index (χ2v) is 6.81. The van der Waals surface area contributed by atoms with Gasteiger partial charge in [0.25, 0.3) is 5.91 Å². The third kappa shape index (κ3) is 3.73. The van der Waals surface area contributed by atoms with Gasteiger partial charge in [-0.2, -0.15) is 0 Å². The molecular weight excluding hydrogens is 336 g/mol. The Labute approximate surface area is 132 Å². The summed E-state index contributed by atoms with van der Waals surface area (Å²) in [6, 6.07) is 6.09. The van der Waals surface area contributed by atoms with Crippen LogP contribution in [-0.4, -0.2) is 10.5 Å². The second kappa shape index (κ2) is 7.09. The summed E-state index contributed by atoms with van der Waals surface area (Å²) in [6.45, 7) is 5.70. The molecule has 0 spiro atoms. The van der Waals surface area contributed by atoms with Crippen LogP contribution in [0.15, 0.2) is 28.9 Å². The van der Waals surface area contributed by atoms with Crippen LogP contribution in [0.5, 0.6) is 0 Å². The van der Waals surface area contributed by atoms with Crippen molar-refractivity contribution in [1.29, 1.82) is 0 Å². The summed E-state index contributed by atoms with van der Waals surface area (Å²) in [6.07, 6.45) is 4.01. The summed E-state index contributed by atoms with van der Waals surface area (Å²) in [5.41, 5.74) is 0.714. The number of nitrogens with zero attached hydrogens (tertiary/aromatic N) is 1. The Balaban J connectivity index is 2.01. The lowest BCUT2D eigenvalue weighted by Crippen LogP contribution is -2.25. The molecule has 2 rings (SSSR count). The van der Waals surface area contributed by atoms with Crippen molar-refractivity contribution in [2.75, 3.05) is 0 Å². The summed E-state index contributed by atoms with van der Waals surface area (Å²) < 4.78 is 2.94. The maximum Gasteiger partial charge on any atom is 0.268 e. The number of aryl methyl sites for hydroxylation is 2. The number of hydrogen-bond acceptors (Lipinski definition) is 2. The smallest absolute Gasteiger partial charge is 0.268 e. The van der Waals surface area contributed by atoms with Gasteiger partial charge in [-0.1, -0.05) is 13.8 Å². The highest BCUT2D eigenvalue weighted by molar-refractivity contribution is 9.10. The molecule has 0 saturated heterocycles. The molecule has 0 unspecified atom stereocenters. The monoisotopic (exact) mass is 354 g/mol. The van der Waals surface area contributed by atoms with E-state index < -0.39 is 0 Å². The fourth-order valence-corrected chi connectivity index (χ4v) is 3.42. The van der Waals surface area contributed by atoms with E-state index in [1.54, 1.807) is 11.3 Å². The van der Waals surface area contributed by atoms with Crippen LogP contribution in [0.3, 0.4) is 0 Å². The summed E-state index contributed by atoms with van der Waals surface area (Å²) in [4.78, 5) is 14.8. The predicted octanol–water partition coefficient (Wildman–Crippen LogP) is 4.21. The van der Waals surface area contributed by atoms with Crippen LogP contribution in [-0.2, 0) is 19.5 Å². The number of carbonyl (C=O) groups is 1. The molecule has 108 valence electrons. The topological polar surface area (TPSA) is 34.0 Å². The van der Waals surface area contributed by atoms with Crippen molar-refractivity contribution in [2.24, 2.45) is 0 Å². The van der Waals surface area contributed by atoms with Crippen LogP contribution in [0.25, 0.3) is 0 Å². The standard InChI is InChI=1S/C15H19BrN2OS/c1-3-7-18-10-11(16)8-14(18)15(19)17-9-13-6-5-12(4-2)20-13/h5-6,8,10H,3-4,7,9H2,1-2H3,(H,17,19). The molecule has 2 heterocycles. The average molecular weight is 355 g/mol. The SMILES string of the molecule is CCCn1cc(Br)cc1C(=O)NCc1ccc(CC)s1. The predicted molar refractivity (Wildman–Crippen MR) is 87.3 cm³/mol. The average Bonchev–Trinajstić information content (AvgIpc) is 3.03. The molecule has 0 aromatic carbocycles. The molecule has 0 aliphatic rings. The number of aromatic nitrogens is 1. The molecule has 0 saturated carbocycles. The van der Waals surface area contributed by atoms with Crippen molar-refractivity contribution in [3.63, 3.8) is 0 Å². The van der Waals surface area contributed by atoms with E-state index >= 15 is 0 Å². The molecule has 2 aromatic heterocycles. The highest BCUT2D eigenvalue weighted by atomic mass is 79.9. The number of amides is 1. The van der Waals surface area contributed by atoms with Crippen molar-refractivity contribution in [3.8, 4) is 0 Å². The van der Waals surface area contributed by atoms with Crippen LogP contribution >= 0.6 is 27.3 Å². The van der Waals surface area contributed by atoms with E-state index in [-0.39, 0.29) is 5.91 Å². The van der Waals surface area contributed by atoms with Gasteiger partial charge in [0.2, 0.25) is 0 Å². The van der Waals surface area contributed by atoms with E-state index in [9.17, 15) is 4.79 Å². The van der Waals surface area contributed by atoms with Crippen molar-refractivity contribution in [3.05, 3.63) is 44.3 Å². The lowest BCUT2D eigenvalue weighted by Gasteiger charge is -2.07. The summed E-state index contributed by atoms with van der Waals surface area (Å²) in [5, 5.41) is 2.99. The van der Waals surface area contributed by atoms with Crippen LogP contribution < -0.4 is 5.32 Å². The van der Waals surface area contributed by atoms with Crippen LogP contribution in [0.2, 0.25) is 0 Å². The summed E-state index contributed by atoms with van der Waals surface area (Å²) in [7, 11) is 0. The lowest BCUT2D eigenvalue weighted by molar-refractivity contribution is 0.0942. The van der Waals surface area contributed by atoms with Crippen molar-refractivity contribution in [2.45, 2.75) is 39.8 Å². The molecule has 1 N–H and O–H groups in total. The Morgan fingerprint density at radius 2 is 2.10 bits per heavy atom. The first-order chi connectivity index (χ1) is 9.63. The number of halogens is 1. The van der Waals surface area contributed by atoms with Gasteiger partial charge in [-0.05, 0) is 47.0 Å². The van der Waals surface area contributed by atoms with Gasteiger partial charge in [-0.15, -0.1) is 11.3 Å². The van der Waals surface area contributed by atoms with Gasteiger partial charge in [0.15, 0.2) is 0 Å². The van der Waals surface area contributed by atoms with Gasteiger partial charge >= 0.3 is 0 Å². The highest BCUT2D eigenvalue weighted by Gasteiger charge is 2.12. The van der Waals surface area contributed by atoms with Crippen molar-refractivity contribution in [1.82, 2.24) is 9.88 Å². The molecule has 0 aliphatic heterocycles. The molecule has 0 aliphatic carbocycles. The largest absolute Gasteiger partial charge is 0.346 e. The molecule has 3 nitrogen and oxygen atoms in total. The third-order valence-corrected chi connectivity index (χ3v) is 4.71. The van der Waals surface area contributed by atoms with Crippen molar-refractivity contribution < 1.29 is 4.79 Å². The Kier molecular flexibility index (Phi) is 5.43. The maximum absolute atomic E-state index is 12.3. The number of nitrogens with one attached hydrogen (secondary N) is 1. The molecule has 5 heteroatoms. The molecular formula is C15H19BrN2OS. The van der Waals surface area contributed by atoms with Gasteiger partial charge in [0, 0.05) is 27.0 Å². The minimum atomic E-state index is -0.0180. The van der Waals surface area contributed by atoms with E-state index in [0.717, 1.165) is 23.9 Å². The Hall–Kier alpha value is -1.07. The Morgan fingerprint density at radius 1 is 1.35 bits per heavy atom. The number of hydrogen-bond donors (Lipinski definition) is 1. The fraction of sp³-hybridized carbons (Fsp3) is 0.400. The summed E-state index contributed by atoms with van der Waals surface area (Å²) in [5.74, 6) is -0.0180. The lowest BCUT2D eigenvalue weighted by atomic mass is 10.3. The first-order valence-corrected chi connectivity index (χ1v) is 8.46. The minimum absolute atomic E-state index is 0.0180. The van der Waals surface area contributed by atoms with Gasteiger partial charge < -0.3 is 9.88 Å². The Bertz CT molecular complexity index is 588. The fourth-order valence-electron chi connectivity index (χ4n) is 2.06. The molecule has 1 amide bonds. The van der Waals surface area contributed by atoms with Gasteiger partial charge in [0.05, 0.1) is 6.54 Å². The van der Waals surface area contributed by atoms with E-state index in [4.69, 9.17) is 0 Å². The maximum atomic E-state index is 12.3. The first kappa shape index (κ1) is 15.3. The zero-order valence-electron chi connectivity index (χ0n) is 11.8. The van der Waals surface area contributed by atoms with Crippen LogP contribution in [0.4, 0.5) is 0 Å². The minimum Gasteiger partial charge on any atom is -0.346 e. The Morgan fingerprint density at radius 3 is 2.75 bits per heavy atom. The van der Waals surface area contributed by atoms with Crippen molar-refractivity contribution >= 4 is 33.2 Å². The zero-order chi connectivity index (χ0) is 14.5. The molecule has 20 heavy (non-hydrogen) atoms. The van der Waals surface area contributed by atoms with E-state index in [0.29, 0.717) is 12.2 Å². The van der Waals surface area contributed by atoms with E-state index in [1.807, 2.05) is 16.8 Å². The summed E-state index contributed by atoms with van der Waals surface area (Å²) >= 11 is 5.19. The molecule has 0 bridgehead atoms. The molecule has 0 atom stereocenters.